The molecule has 4 rings (SSSR count). The van der Waals surface area contributed by atoms with Gasteiger partial charge in [-0.2, -0.15) is 13.2 Å². The third-order valence-corrected chi connectivity index (χ3v) is 5.93. The van der Waals surface area contributed by atoms with Crippen LogP contribution in [0.25, 0.3) is 11.2 Å². The van der Waals surface area contributed by atoms with E-state index in [1.54, 1.807) is 0 Å². The molecule has 0 amide bonds. The van der Waals surface area contributed by atoms with Gasteiger partial charge in [-0.05, 0) is 30.3 Å². The largest absolute Gasteiger partial charge is 0.478 e. The van der Waals surface area contributed by atoms with Crippen molar-refractivity contribution in [2.75, 3.05) is 11.4 Å². The number of anilines is 2. The lowest BCUT2D eigenvalue weighted by atomic mass is 10.1. The van der Waals surface area contributed by atoms with E-state index < -0.39 is 35.1 Å². The van der Waals surface area contributed by atoms with Crippen molar-refractivity contribution in [3.63, 3.8) is 0 Å². The highest BCUT2D eigenvalue weighted by atomic mass is 19.4. The Hall–Kier alpha value is -4.39. The maximum Gasteiger partial charge on any atom is 0.416 e. The number of hydrogen-bond donors (Lipinski definition) is 2. The number of fused-ring (bicyclic) bond motifs is 1. The average molecular weight is 517 g/mol. The van der Waals surface area contributed by atoms with E-state index in [1.165, 1.54) is 70.9 Å². The van der Waals surface area contributed by atoms with Crippen LogP contribution < -0.4 is 16.1 Å². The Bertz CT molecular complexity index is 1610. The number of para-hydroxylation sites is 1. The second-order valence-corrected chi connectivity index (χ2v) is 8.41. The molecule has 4 aromatic rings. The highest BCUT2D eigenvalue weighted by Gasteiger charge is 2.31. The van der Waals surface area contributed by atoms with Crippen molar-refractivity contribution in [1.82, 2.24) is 18.7 Å². The summed E-state index contributed by atoms with van der Waals surface area (Å²) in [5, 5.41) is 20.6. The van der Waals surface area contributed by atoms with Crippen LogP contribution in [0.2, 0.25) is 0 Å². The Kier molecular flexibility index (Phi) is 6.65. The van der Waals surface area contributed by atoms with E-state index in [9.17, 15) is 37.8 Å². The lowest BCUT2D eigenvalue weighted by Crippen LogP contribution is -2.38. The SMILES string of the molecule is Cn1c(=O)c2c(ncn2C[C@H](O)CN(c2cccc(C(F)(F)F)c2)c2ccccc2C(=O)O)n(C)c1=O. The number of carboxylic acids is 1. The number of aliphatic hydroxyl groups excluding tert-OH is 1. The van der Waals surface area contributed by atoms with E-state index in [1.807, 2.05) is 0 Å². The standard InChI is InChI=1S/C24H22F3N5O5/c1-29-20-19(21(34)30(2)23(29)37)31(13-28-20)11-16(33)12-32(18-9-4-3-8-17(18)22(35)36)15-7-5-6-14(10-15)24(25,26)27/h3-10,13,16,33H,11-12H2,1-2H3,(H,35,36)/t16-/m0/s1. The Morgan fingerprint density at radius 2 is 1.78 bits per heavy atom. The van der Waals surface area contributed by atoms with Crippen LogP contribution in [-0.4, -0.2) is 47.5 Å². The number of halogens is 3. The van der Waals surface area contributed by atoms with E-state index in [0.717, 1.165) is 16.7 Å². The first-order valence-corrected chi connectivity index (χ1v) is 11.0. The maximum atomic E-state index is 13.4. The van der Waals surface area contributed by atoms with Gasteiger partial charge in [0.1, 0.15) is 0 Å². The van der Waals surface area contributed by atoms with Gasteiger partial charge in [-0.25, -0.2) is 14.6 Å². The van der Waals surface area contributed by atoms with Crippen molar-refractivity contribution >= 4 is 28.5 Å². The summed E-state index contributed by atoms with van der Waals surface area (Å²) in [6, 6.07) is 10.1. The van der Waals surface area contributed by atoms with Gasteiger partial charge in [-0.15, -0.1) is 0 Å². The zero-order valence-corrected chi connectivity index (χ0v) is 19.7. The normalized spacial score (nSPS) is 12.6. The number of aromatic nitrogens is 4. The van der Waals surface area contributed by atoms with Crippen molar-refractivity contribution in [1.29, 1.82) is 0 Å². The van der Waals surface area contributed by atoms with E-state index >= 15 is 0 Å². The summed E-state index contributed by atoms with van der Waals surface area (Å²) in [4.78, 5) is 42.1. The Labute approximate surface area is 207 Å². The van der Waals surface area contributed by atoms with Crippen LogP contribution in [0.5, 0.6) is 0 Å². The van der Waals surface area contributed by atoms with E-state index in [-0.39, 0.29) is 41.2 Å². The highest BCUT2D eigenvalue weighted by molar-refractivity contribution is 5.95. The fourth-order valence-electron chi connectivity index (χ4n) is 4.11. The van der Waals surface area contributed by atoms with Gasteiger partial charge in [0.25, 0.3) is 5.56 Å². The van der Waals surface area contributed by atoms with E-state index in [0.29, 0.717) is 0 Å². The molecular formula is C24H22F3N5O5. The quantitative estimate of drug-likeness (QED) is 0.386. The van der Waals surface area contributed by atoms with Crippen molar-refractivity contribution in [2.45, 2.75) is 18.8 Å². The molecule has 0 saturated carbocycles. The lowest BCUT2D eigenvalue weighted by molar-refractivity contribution is -0.137. The van der Waals surface area contributed by atoms with Crippen LogP contribution >= 0.6 is 0 Å². The first kappa shape index (κ1) is 25.7. The highest BCUT2D eigenvalue weighted by Crippen LogP contribution is 2.35. The van der Waals surface area contributed by atoms with Crippen molar-refractivity contribution in [3.8, 4) is 0 Å². The summed E-state index contributed by atoms with van der Waals surface area (Å²) in [6.07, 6.45) is -4.66. The molecule has 0 unspecified atom stereocenters. The number of aromatic carboxylic acids is 1. The van der Waals surface area contributed by atoms with Crippen LogP contribution in [0.1, 0.15) is 15.9 Å². The van der Waals surface area contributed by atoms with Crippen LogP contribution in [0.4, 0.5) is 24.5 Å². The Balaban J connectivity index is 1.76. The first-order chi connectivity index (χ1) is 17.4. The number of carbonyl (C=O) groups is 1. The average Bonchev–Trinajstić information content (AvgIpc) is 3.27. The van der Waals surface area contributed by atoms with Gasteiger partial charge in [-0.1, -0.05) is 18.2 Å². The van der Waals surface area contributed by atoms with Gasteiger partial charge in [-0.3, -0.25) is 13.9 Å². The fourth-order valence-corrected chi connectivity index (χ4v) is 4.11. The Morgan fingerprint density at radius 1 is 1.08 bits per heavy atom. The number of rotatable bonds is 7. The molecule has 13 heteroatoms. The minimum absolute atomic E-state index is 0.0105. The molecule has 0 aliphatic rings. The monoisotopic (exact) mass is 517 g/mol. The molecule has 2 aromatic carbocycles. The molecule has 0 bridgehead atoms. The molecule has 194 valence electrons. The zero-order valence-electron chi connectivity index (χ0n) is 19.7. The molecule has 10 nitrogen and oxygen atoms in total. The summed E-state index contributed by atoms with van der Waals surface area (Å²) in [6.45, 7) is -0.536. The molecule has 2 heterocycles. The molecule has 0 aliphatic carbocycles. The molecule has 37 heavy (non-hydrogen) atoms. The van der Waals surface area contributed by atoms with Crippen molar-refractivity contribution in [2.24, 2.45) is 14.1 Å². The van der Waals surface area contributed by atoms with E-state index in [4.69, 9.17) is 0 Å². The number of benzene rings is 2. The third kappa shape index (κ3) is 4.85. The molecule has 0 radical (unpaired) electrons. The lowest BCUT2D eigenvalue weighted by Gasteiger charge is -2.29. The number of carboxylic acid groups (broad SMARTS) is 1. The number of alkyl halides is 3. The molecule has 0 spiro atoms. The molecule has 1 atom stereocenters. The molecule has 0 aliphatic heterocycles. The zero-order chi connectivity index (χ0) is 27.1. The van der Waals surface area contributed by atoms with Gasteiger partial charge in [0.2, 0.25) is 0 Å². The second-order valence-electron chi connectivity index (χ2n) is 8.41. The number of nitrogens with zero attached hydrogens (tertiary/aromatic N) is 5. The molecule has 0 fully saturated rings. The molecule has 2 N–H and O–H groups in total. The van der Waals surface area contributed by atoms with Crippen molar-refractivity contribution < 1.29 is 28.2 Å². The van der Waals surface area contributed by atoms with Crippen LogP contribution in [0.3, 0.4) is 0 Å². The second kappa shape index (κ2) is 9.58. The van der Waals surface area contributed by atoms with E-state index in [2.05, 4.69) is 4.98 Å². The number of aryl methyl sites for hydroxylation is 1. The van der Waals surface area contributed by atoms with Gasteiger partial charge >= 0.3 is 17.8 Å². The number of imidazole rings is 1. The van der Waals surface area contributed by atoms with Crippen LogP contribution in [0, 0.1) is 0 Å². The molecule has 2 aromatic heterocycles. The smallest absolute Gasteiger partial charge is 0.416 e. The van der Waals surface area contributed by atoms with Crippen molar-refractivity contribution in [3.05, 3.63) is 86.8 Å². The summed E-state index contributed by atoms with van der Waals surface area (Å²) >= 11 is 0. The minimum atomic E-state index is -4.64. The van der Waals surface area contributed by atoms with Crippen LogP contribution in [0.15, 0.2) is 64.4 Å². The summed E-state index contributed by atoms with van der Waals surface area (Å²) in [5.41, 5.74) is -2.09. The number of hydrogen-bond acceptors (Lipinski definition) is 6. The number of aliphatic hydroxyl groups is 1. The summed E-state index contributed by atoms with van der Waals surface area (Å²) in [5.74, 6) is -1.30. The van der Waals surface area contributed by atoms with Gasteiger partial charge in [0.15, 0.2) is 11.2 Å². The predicted octanol–water partition coefficient (Wildman–Crippen LogP) is 2.35. The fraction of sp³-hybridized carbons (Fsp3) is 0.250. The Morgan fingerprint density at radius 3 is 2.46 bits per heavy atom. The topological polar surface area (TPSA) is 123 Å². The first-order valence-electron chi connectivity index (χ1n) is 11.0. The van der Waals surface area contributed by atoms with Crippen LogP contribution in [-0.2, 0) is 26.8 Å². The maximum absolute atomic E-state index is 13.4. The minimum Gasteiger partial charge on any atom is -0.478 e. The van der Waals surface area contributed by atoms with Gasteiger partial charge in [0.05, 0.1) is 42.3 Å². The summed E-state index contributed by atoms with van der Waals surface area (Å²) in [7, 11) is 2.74. The predicted molar refractivity (Wildman–Crippen MR) is 128 cm³/mol. The molecular weight excluding hydrogens is 495 g/mol. The molecule has 0 saturated heterocycles. The van der Waals surface area contributed by atoms with Gasteiger partial charge in [0, 0.05) is 19.8 Å². The van der Waals surface area contributed by atoms with Gasteiger partial charge < -0.3 is 19.7 Å². The summed E-state index contributed by atoms with van der Waals surface area (Å²) < 4.78 is 43.6. The third-order valence-electron chi connectivity index (χ3n) is 5.93.